The molecule has 1 aromatic carbocycles. The average molecular weight is 224 g/mol. The zero-order valence-corrected chi connectivity index (χ0v) is 8.63. The highest BCUT2D eigenvalue weighted by Crippen LogP contribution is 2.06. The molecule has 0 saturated heterocycles. The van der Waals surface area contributed by atoms with Crippen LogP contribution in [0.25, 0.3) is 6.08 Å². The van der Waals surface area contributed by atoms with E-state index in [2.05, 4.69) is 38.0 Å². The van der Waals surface area contributed by atoms with E-state index in [0.29, 0.717) is 0 Å². The van der Waals surface area contributed by atoms with E-state index >= 15 is 0 Å². The molecule has 0 amide bonds. The summed E-state index contributed by atoms with van der Waals surface area (Å²) in [5.41, 5.74) is 1.95. The summed E-state index contributed by atoms with van der Waals surface area (Å²) >= 11 is 0. The Bertz CT molecular complexity index is 320. The highest BCUT2D eigenvalue weighted by molar-refractivity contribution is 5.47. The molecule has 0 N–H and O–H groups in total. The average Bonchev–Trinajstić information content (AvgIpc) is 2.34. The lowest BCUT2D eigenvalue weighted by molar-refractivity contribution is -0.702. The Morgan fingerprint density at radius 2 is 1.75 bits per heavy atom. The number of hydrogen-bond acceptors (Lipinski definition) is 5. The van der Waals surface area contributed by atoms with Crippen molar-refractivity contribution < 1.29 is 24.9 Å². The van der Waals surface area contributed by atoms with Gasteiger partial charge in [0, 0.05) is 10.1 Å². The maximum atomic E-state index is 4.65. The summed E-state index contributed by atoms with van der Waals surface area (Å²) in [4.78, 5) is 8.79. The maximum Gasteiger partial charge on any atom is 0.125 e. The summed E-state index contributed by atoms with van der Waals surface area (Å²) in [6, 6.07) is 7.57. The van der Waals surface area contributed by atoms with Crippen LogP contribution >= 0.6 is 0 Å². The smallest absolute Gasteiger partial charge is 0.125 e. The normalized spacial score (nSPS) is 9.75. The first kappa shape index (κ1) is 12.4. The second-order valence-electron chi connectivity index (χ2n) is 2.67. The predicted molar refractivity (Wildman–Crippen MR) is 55.9 cm³/mol. The van der Waals surface area contributed by atoms with E-state index < -0.39 is 0 Å². The van der Waals surface area contributed by atoms with Gasteiger partial charge in [-0.3, -0.25) is 0 Å². The van der Waals surface area contributed by atoms with Crippen LogP contribution in [-0.2, 0) is 31.5 Å². The number of hydrogen-bond donors (Lipinski definition) is 0. The molecule has 0 aromatic heterocycles. The van der Waals surface area contributed by atoms with Crippen molar-refractivity contribution in [2.45, 2.75) is 6.61 Å². The Kier molecular flexibility index (Phi) is 5.90. The standard InChI is InChI=1S/C11H12O5/c1-3-10-5-7-11(8-6-10)9-13-15-16-14-12-4-2/h3-8H,1-2,9H2. The monoisotopic (exact) mass is 224 g/mol. The molecule has 1 rings (SSSR count). The van der Waals surface area contributed by atoms with Crippen LogP contribution in [-0.4, -0.2) is 0 Å². The van der Waals surface area contributed by atoms with Gasteiger partial charge in [0.25, 0.3) is 0 Å². The van der Waals surface area contributed by atoms with Crippen molar-refractivity contribution in [3.8, 4) is 0 Å². The first-order chi connectivity index (χ1) is 7.86. The Morgan fingerprint density at radius 3 is 2.38 bits per heavy atom. The van der Waals surface area contributed by atoms with Gasteiger partial charge in [-0.1, -0.05) is 43.5 Å². The van der Waals surface area contributed by atoms with Crippen LogP contribution in [0.5, 0.6) is 0 Å². The molecule has 0 heterocycles. The van der Waals surface area contributed by atoms with E-state index in [1.54, 1.807) is 6.08 Å². The van der Waals surface area contributed by atoms with Crippen molar-refractivity contribution in [2.75, 3.05) is 0 Å². The molecule has 0 radical (unpaired) electrons. The van der Waals surface area contributed by atoms with Gasteiger partial charge in [0.1, 0.15) is 12.9 Å². The highest BCUT2D eigenvalue weighted by Gasteiger charge is 1.95. The van der Waals surface area contributed by atoms with Gasteiger partial charge in [-0.25, -0.2) is 0 Å². The van der Waals surface area contributed by atoms with Gasteiger partial charge in [0.2, 0.25) is 0 Å². The molecule has 0 unspecified atom stereocenters. The summed E-state index contributed by atoms with van der Waals surface area (Å²) < 4.78 is 0. The van der Waals surface area contributed by atoms with Gasteiger partial charge in [0.15, 0.2) is 0 Å². The molecule has 0 aliphatic carbocycles. The van der Waals surface area contributed by atoms with E-state index in [9.17, 15) is 0 Å². The lowest BCUT2D eigenvalue weighted by Crippen LogP contribution is -1.97. The van der Waals surface area contributed by atoms with Gasteiger partial charge in [-0.05, 0) is 16.2 Å². The molecular weight excluding hydrogens is 212 g/mol. The molecule has 5 heteroatoms. The molecule has 1 aromatic rings. The van der Waals surface area contributed by atoms with Crippen LogP contribution < -0.4 is 0 Å². The van der Waals surface area contributed by atoms with Crippen LogP contribution in [0.4, 0.5) is 0 Å². The fraction of sp³-hybridized carbons (Fsp3) is 0.0909. The van der Waals surface area contributed by atoms with Crippen LogP contribution in [0.15, 0.2) is 43.7 Å². The first-order valence-corrected chi connectivity index (χ1v) is 4.47. The Balaban J connectivity index is 2.16. The second-order valence-corrected chi connectivity index (χ2v) is 2.67. The fourth-order valence-electron chi connectivity index (χ4n) is 0.917. The Morgan fingerprint density at radius 1 is 1.00 bits per heavy atom. The summed E-state index contributed by atoms with van der Waals surface area (Å²) in [6.45, 7) is 7.08. The van der Waals surface area contributed by atoms with Crippen LogP contribution in [0.1, 0.15) is 11.1 Å². The van der Waals surface area contributed by atoms with E-state index in [4.69, 9.17) is 0 Å². The summed E-state index contributed by atoms with van der Waals surface area (Å²) in [7, 11) is 0. The van der Waals surface area contributed by atoms with Gasteiger partial charge in [0.05, 0.1) is 0 Å². The van der Waals surface area contributed by atoms with Gasteiger partial charge < -0.3 is 4.89 Å². The van der Waals surface area contributed by atoms with Crippen LogP contribution in [0, 0.1) is 0 Å². The molecule has 0 spiro atoms. The summed E-state index contributed by atoms with van der Waals surface area (Å²) in [5, 5.41) is 12.2. The predicted octanol–water partition coefficient (Wildman–Crippen LogP) is 2.72. The van der Waals surface area contributed by atoms with Crippen molar-refractivity contribution >= 4 is 6.08 Å². The molecule has 86 valence electrons. The van der Waals surface area contributed by atoms with Gasteiger partial charge in [-0.15, -0.1) is 0 Å². The molecule has 0 bridgehead atoms. The highest BCUT2D eigenvalue weighted by atomic mass is 17.8. The van der Waals surface area contributed by atoms with Crippen LogP contribution in [0.2, 0.25) is 0 Å². The van der Waals surface area contributed by atoms with E-state index in [-0.39, 0.29) is 6.61 Å². The SMILES string of the molecule is C=COOOOOCc1ccc(C=C)cc1. The van der Waals surface area contributed by atoms with Gasteiger partial charge in [-0.2, -0.15) is 4.89 Å². The molecule has 0 aliphatic heterocycles. The van der Waals surface area contributed by atoms with Crippen molar-refractivity contribution in [1.82, 2.24) is 0 Å². The fourth-order valence-corrected chi connectivity index (χ4v) is 0.917. The third kappa shape index (κ3) is 4.72. The maximum absolute atomic E-state index is 4.65. The zero-order valence-electron chi connectivity index (χ0n) is 8.63. The zero-order chi connectivity index (χ0) is 11.6. The van der Waals surface area contributed by atoms with Crippen molar-refractivity contribution in [3.63, 3.8) is 0 Å². The molecule has 5 nitrogen and oxygen atoms in total. The minimum atomic E-state index is 0.217. The quantitative estimate of drug-likeness (QED) is 0.294. The number of benzene rings is 1. The molecular formula is C11H12O5. The lowest BCUT2D eigenvalue weighted by atomic mass is 10.1. The third-order valence-electron chi connectivity index (χ3n) is 1.65. The lowest BCUT2D eigenvalue weighted by Gasteiger charge is -2.01. The van der Waals surface area contributed by atoms with E-state index in [1.807, 2.05) is 24.3 Å². The molecule has 0 atom stereocenters. The Hall–Kier alpha value is -1.66. The minimum Gasteiger partial charge on any atom is -0.315 e. The van der Waals surface area contributed by atoms with E-state index in [0.717, 1.165) is 17.4 Å². The van der Waals surface area contributed by atoms with Gasteiger partial charge >= 0.3 is 0 Å². The van der Waals surface area contributed by atoms with Crippen molar-refractivity contribution in [1.29, 1.82) is 0 Å². The molecule has 0 saturated carbocycles. The molecule has 0 aliphatic rings. The topological polar surface area (TPSA) is 46.2 Å². The Labute approximate surface area is 93.2 Å². The van der Waals surface area contributed by atoms with Crippen molar-refractivity contribution in [2.24, 2.45) is 0 Å². The second kappa shape index (κ2) is 7.61. The first-order valence-electron chi connectivity index (χ1n) is 4.47. The minimum absolute atomic E-state index is 0.217. The summed E-state index contributed by atoms with van der Waals surface area (Å²) in [6.07, 6.45) is 2.78. The molecule has 0 fully saturated rings. The molecule has 16 heavy (non-hydrogen) atoms. The summed E-state index contributed by atoms with van der Waals surface area (Å²) in [5.74, 6) is 0. The van der Waals surface area contributed by atoms with E-state index in [1.165, 1.54) is 0 Å². The van der Waals surface area contributed by atoms with Crippen molar-refractivity contribution in [3.05, 3.63) is 54.8 Å². The number of rotatable bonds is 8. The largest absolute Gasteiger partial charge is 0.315 e. The third-order valence-corrected chi connectivity index (χ3v) is 1.65. The van der Waals surface area contributed by atoms with Crippen LogP contribution in [0.3, 0.4) is 0 Å².